The van der Waals surface area contributed by atoms with Crippen molar-refractivity contribution in [3.63, 3.8) is 0 Å². The molecule has 0 saturated carbocycles. The SMILES string of the molecule is CCOC(=O)c1c(NC(=O)CCl)sc(C)c1C. The van der Waals surface area contributed by atoms with Gasteiger partial charge < -0.3 is 10.1 Å². The number of carbonyl (C=O) groups is 2. The first-order chi connectivity index (χ1) is 8.01. The molecule has 94 valence electrons. The standard InChI is InChI=1S/C11H14ClNO3S/c1-4-16-11(15)9-6(2)7(3)17-10(9)13-8(14)5-12/h4-5H2,1-3H3,(H,13,14). The highest BCUT2D eigenvalue weighted by molar-refractivity contribution is 7.16. The van der Waals surface area contributed by atoms with Gasteiger partial charge >= 0.3 is 5.97 Å². The molecular weight excluding hydrogens is 262 g/mol. The summed E-state index contributed by atoms with van der Waals surface area (Å²) in [4.78, 5) is 24.0. The number of nitrogens with one attached hydrogen (secondary N) is 1. The Morgan fingerprint density at radius 2 is 2.06 bits per heavy atom. The fourth-order valence-electron chi connectivity index (χ4n) is 1.32. The van der Waals surface area contributed by atoms with E-state index in [2.05, 4.69) is 5.32 Å². The molecule has 0 bridgehead atoms. The summed E-state index contributed by atoms with van der Waals surface area (Å²) in [6.07, 6.45) is 0. The maximum Gasteiger partial charge on any atom is 0.341 e. The van der Waals surface area contributed by atoms with Crippen LogP contribution in [0.25, 0.3) is 0 Å². The van der Waals surface area contributed by atoms with Gasteiger partial charge in [0.05, 0.1) is 12.2 Å². The van der Waals surface area contributed by atoms with Gasteiger partial charge in [0.1, 0.15) is 10.9 Å². The molecule has 0 unspecified atom stereocenters. The lowest BCUT2D eigenvalue weighted by molar-refractivity contribution is -0.113. The summed E-state index contributed by atoms with van der Waals surface area (Å²) >= 11 is 6.77. The molecule has 1 aromatic heterocycles. The summed E-state index contributed by atoms with van der Waals surface area (Å²) in [7, 11) is 0. The molecule has 0 aliphatic rings. The molecule has 1 amide bonds. The van der Waals surface area contributed by atoms with E-state index in [-0.39, 0.29) is 11.8 Å². The number of rotatable bonds is 4. The van der Waals surface area contributed by atoms with Gasteiger partial charge in [0.25, 0.3) is 0 Å². The third kappa shape index (κ3) is 3.20. The number of carbonyl (C=O) groups excluding carboxylic acids is 2. The molecule has 0 radical (unpaired) electrons. The van der Waals surface area contributed by atoms with Gasteiger partial charge in [-0.3, -0.25) is 4.79 Å². The van der Waals surface area contributed by atoms with Crippen molar-refractivity contribution < 1.29 is 14.3 Å². The van der Waals surface area contributed by atoms with Gasteiger partial charge in [0, 0.05) is 4.88 Å². The van der Waals surface area contributed by atoms with E-state index in [9.17, 15) is 9.59 Å². The Kier molecular flexibility index (Phi) is 4.96. The van der Waals surface area contributed by atoms with Crippen LogP contribution in [0.5, 0.6) is 0 Å². The number of aryl methyl sites for hydroxylation is 1. The highest BCUT2D eigenvalue weighted by atomic mass is 35.5. The molecule has 0 aliphatic heterocycles. The van der Waals surface area contributed by atoms with Gasteiger partial charge in [0.2, 0.25) is 5.91 Å². The van der Waals surface area contributed by atoms with Gasteiger partial charge in [-0.15, -0.1) is 22.9 Å². The maximum absolute atomic E-state index is 11.8. The molecule has 0 saturated heterocycles. The smallest absolute Gasteiger partial charge is 0.341 e. The van der Waals surface area contributed by atoms with Crippen LogP contribution in [0.1, 0.15) is 27.7 Å². The molecule has 4 nitrogen and oxygen atoms in total. The summed E-state index contributed by atoms with van der Waals surface area (Å²) in [5.41, 5.74) is 1.26. The first-order valence-corrected chi connectivity index (χ1v) is 6.49. The van der Waals surface area contributed by atoms with Gasteiger partial charge in [-0.05, 0) is 26.3 Å². The number of hydrogen-bond donors (Lipinski definition) is 1. The number of hydrogen-bond acceptors (Lipinski definition) is 4. The molecular formula is C11H14ClNO3S. The third-order valence-corrected chi connectivity index (χ3v) is 3.60. The summed E-state index contributed by atoms with van der Waals surface area (Å²) in [6.45, 7) is 5.76. The molecule has 1 rings (SSSR count). The van der Waals surface area contributed by atoms with Crippen LogP contribution >= 0.6 is 22.9 Å². The van der Waals surface area contributed by atoms with Crippen LogP contribution in [-0.4, -0.2) is 24.4 Å². The minimum Gasteiger partial charge on any atom is -0.462 e. The van der Waals surface area contributed by atoms with E-state index in [1.807, 2.05) is 13.8 Å². The number of ether oxygens (including phenoxy) is 1. The Labute approximate surface area is 109 Å². The zero-order chi connectivity index (χ0) is 13.0. The predicted octanol–water partition coefficient (Wildman–Crippen LogP) is 2.72. The molecule has 0 spiro atoms. The molecule has 0 aliphatic carbocycles. The molecule has 0 aromatic carbocycles. The van der Waals surface area contributed by atoms with Crippen molar-refractivity contribution in [1.29, 1.82) is 0 Å². The molecule has 1 N–H and O–H groups in total. The highest BCUT2D eigenvalue weighted by Crippen LogP contribution is 2.32. The third-order valence-electron chi connectivity index (χ3n) is 2.24. The predicted molar refractivity (Wildman–Crippen MR) is 69.1 cm³/mol. The summed E-state index contributed by atoms with van der Waals surface area (Å²) in [6, 6.07) is 0. The van der Waals surface area contributed by atoms with Crippen molar-refractivity contribution in [2.75, 3.05) is 17.8 Å². The zero-order valence-electron chi connectivity index (χ0n) is 9.93. The first-order valence-electron chi connectivity index (χ1n) is 5.14. The number of esters is 1. The lowest BCUT2D eigenvalue weighted by Crippen LogP contribution is -2.15. The van der Waals surface area contributed by atoms with Crippen molar-refractivity contribution in [3.05, 3.63) is 16.0 Å². The van der Waals surface area contributed by atoms with Crippen LogP contribution in [0.15, 0.2) is 0 Å². The quantitative estimate of drug-likeness (QED) is 0.679. The van der Waals surface area contributed by atoms with E-state index < -0.39 is 5.97 Å². The monoisotopic (exact) mass is 275 g/mol. The summed E-state index contributed by atoms with van der Waals surface area (Å²) in [5, 5.41) is 3.11. The fourth-order valence-corrected chi connectivity index (χ4v) is 2.46. The lowest BCUT2D eigenvalue weighted by atomic mass is 10.1. The summed E-state index contributed by atoms with van der Waals surface area (Å²) in [5.74, 6) is -0.893. The molecule has 17 heavy (non-hydrogen) atoms. The first kappa shape index (κ1) is 14.0. The second-order valence-electron chi connectivity index (χ2n) is 3.39. The van der Waals surface area contributed by atoms with E-state index in [4.69, 9.17) is 16.3 Å². The number of thiophene rings is 1. The van der Waals surface area contributed by atoms with E-state index in [1.54, 1.807) is 6.92 Å². The van der Waals surface area contributed by atoms with Gasteiger partial charge in [-0.1, -0.05) is 0 Å². The van der Waals surface area contributed by atoms with Crippen molar-refractivity contribution in [2.45, 2.75) is 20.8 Å². The second kappa shape index (κ2) is 6.02. The molecule has 6 heteroatoms. The maximum atomic E-state index is 11.8. The topological polar surface area (TPSA) is 55.4 Å². The van der Waals surface area contributed by atoms with Crippen LogP contribution in [0, 0.1) is 13.8 Å². The Hall–Kier alpha value is -1.07. The fraction of sp³-hybridized carbons (Fsp3) is 0.455. The minimum absolute atomic E-state index is 0.141. The average molecular weight is 276 g/mol. The van der Waals surface area contributed by atoms with E-state index >= 15 is 0 Å². The second-order valence-corrected chi connectivity index (χ2v) is 4.88. The molecule has 0 atom stereocenters. The molecule has 1 aromatic rings. The number of anilines is 1. The molecule has 1 heterocycles. The highest BCUT2D eigenvalue weighted by Gasteiger charge is 2.21. The van der Waals surface area contributed by atoms with Crippen LogP contribution in [0.3, 0.4) is 0 Å². The van der Waals surface area contributed by atoms with Crippen molar-refractivity contribution >= 4 is 39.8 Å². The van der Waals surface area contributed by atoms with Crippen molar-refractivity contribution in [1.82, 2.24) is 0 Å². The van der Waals surface area contributed by atoms with Gasteiger partial charge in [-0.2, -0.15) is 0 Å². The van der Waals surface area contributed by atoms with Crippen LogP contribution < -0.4 is 5.32 Å². The Bertz CT molecular complexity index is 442. The largest absolute Gasteiger partial charge is 0.462 e. The van der Waals surface area contributed by atoms with Gasteiger partial charge in [-0.25, -0.2) is 4.79 Å². The molecule has 0 fully saturated rings. The Morgan fingerprint density at radius 3 is 2.59 bits per heavy atom. The van der Waals surface area contributed by atoms with E-state index in [1.165, 1.54) is 11.3 Å². The minimum atomic E-state index is -0.417. The zero-order valence-corrected chi connectivity index (χ0v) is 11.5. The van der Waals surface area contributed by atoms with E-state index in [0.717, 1.165) is 10.4 Å². The Morgan fingerprint density at radius 1 is 1.41 bits per heavy atom. The lowest BCUT2D eigenvalue weighted by Gasteiger charge is -2.05. The van der Waals surface area contributed by atoms with Crippen molar-refractivity contribution in [2.24, 2.45) is 0 Å². The average Bonchev–Trinajstić information content (AvgIpc) is 2.54. The number of amides is 1. The van der Waals surface area contributed by atoms with Crippen LogP contribution in [0.2, 0.25) is 0 Å². The Balaban J connectivity index is 3.08. The summed E-state index contributed by atoms with van der Waals surface area (Å²) < 4.78 is 4.96. The number of halogens is 1. The van der Waals surface area contributed by atoms with Crippen LogP contribution in [0.4, 0.5) is 5.00 Å². The normalized spacial score (nSPS) is 10.1. The van der Waals surface area contributed by atoms with Crippen LogP contribution in [-0.2, 0) is 9.53 Å². The van der Waals surface area contributed by atoms with Gasteiger partial charge in [0.15, 0.2) is 0 Å². The van der Waals surface area contributed by atoms with Crippen molar-refractivity contribution in [3.8, 4) is 0 Å². The number of alkyl halides is 1. The van der Waals surface area contributed by atoms with E-state index in [0.29, 0.717) is 17.2 Å².